The molecule has 0 saturated heterocycles. The SMILES string of the molecule is Cc1cccc(NC(=O)CSC2=C(C#N)[C@H](c3ccc(OCc4ccccc4)cc3)C3=C(CCCC3=O)N2)c1C. The Balaban J connectivity index is 1.37. The fourth-order valence-electron chi connectivity index (χ4n) is 5.08. The van der Waals surface area contributed by atoms with Crippen molar-refractivity contribution in [1.82, 2.24) is 5.32 Å². The highest BCUT2D eigenvalue weighted by Crippen LogP contribution is 2.44. The number of ether oxygens (including phenoxy) is 1. The monoisotopic (exact) mass is 549 g/mol. The number of hydrogen-bond donors (Lipinski definition) is 2. The molecule has 202 valence electrons. The molecule has 0 fully saturated rings. The molecule has 2 aliphatic rings. The maximum atomic E-state index is 13.1. The van der Waals surface area contributed by atoms with Crippen molar-refractivity contribution in [2.75, 3.05) is 11.1 Å². The number of anilines is 1. The van der Waals surface area contributed by atoms with Crippen LogP contribution in [-0.4, -0.2) is 17.4 Å². The number of thioether (sulfide) groups is 1. The molecule has 1 heterocycles. The maximum absolute atomic E-state index is 13.1. The van der Waals surface area contributed by atoms with Crippen LogP contribution >= 0.6 is 11.8 Å². The number of hydrogen-bond acceptors (Lipinski definition) is 6. The molecule has 7 heteroatoms. The van der Waals surface area contributed by atoms with Crippen LogP contribution in [0.2, 0.25) is 0 Å². The number of dihydropyridines is 1. The van der Waals surface area contributed by atoms with E-state index in [9.17, 15) is 14.9 Å². The summed E-state index contributed by atoms with van der Waals surface area (Å²) in [6.45, 7) is 4.44. The molecule has 0 aromatic heterocycles. The molecule has 0 spiro atoms. The van der Waals surface area contributed by atoms with Crippen LogP contribution in [0.1, 0.15) is 47.4 Å². The van der Waals surface area contributed by atoms with Gasteiger partial charge < -0.3 is 15.4 Å². The lowest BCUT2D eigenvalue weighted by atomic mass is 9.77. The standard InChI is InChI=1S/C33H31N3O3S/c1-21-8-6-11-27(22(21)2)35-30(38)20-40-33-26(18-34)31(32-28(36-33)12-7-13-29(32)37)24-14-16-25(17-15-24)39-19-23-9-4-3-5-10-23/h3-6,8-11,14-17,31,36H,7,12-13,19-20H2,1-2H3,(H,35,38)/t31-/m0/s1. The van der Waals surface area contributed by atoms with Gasteiger partial charge in [-0.15, -0.1) is 0 Å². The van der Waals surface area contributed by atoms with Crippen molar-refractivity contribution in [2.45, 2.75) is 45.6 Å². The van der Waals surface area contributed by atoms with Gasteiger partial charge in [-0.25, -0.2) is 0 Å². The zero-order chi connectivity index (χ0) is 28.1. The summed E-state index contributed by atoms with van der Waals surface area (Å²) in [7, 11) is 0. The second-order valence-electron chi connectivity index (χ2n) is 10.0. The second-order valence-corrected chi connectivity index (χ2v) is 11.0. The van der Waals surface area contributed by atoms with E-state index in [1.165, 1.54) is 11.8 Å². The summed E-state index contributed by atoms with van der Waals surface area (Å²) in [5, 5.41) is 17.2. The number of allylic oxidation sites excluding steroid dienone is 3. The summed E-state index contributed by atoms with van der Waals surface area (Å²) in [5.41, 5.74) is 6.81. The highest BCUT2D eigenvalue weighted by molar-refractivity contribution is 8.03. The Hall–Kier alpha value is -4.28. The van der Waals surface area contributed by atoms with E-state index in [-0.39, 0.29) is 17.4 Å². The number of ketones is 1. The number of benzene rings is 3. The Kier molecular flexibility index (Phi) is 8.37. The van der Waals surface area contributed by atoms with E-state index in [1.54, 1.807) is 0 Å². The van der Waals surface area contributed by atoms with Crippen molar-refractivity contribution in [3.63, 3.8) is 0 Å². The van der Waals surface area contributed by atoms with Crippen LogP contribution in [0.25, 0.3) is 0 Å². The van der Waals surface area contributed by atoms with E-state index in [4.69, 9.17) is 4.74 Å². The first-order valence-electron chi connectivity index (χ1n) is 13.4. The van der Waals surface area contributed by atoms with Crippen LogP contribution in [0.4, 0.5) is 5.69 Å². The van der Waals surface area contributed by atoms with Gasteiger partial charge in [0.1, 0.15) is 12.4 Å². The van der Waals surface area contributed by atoms with Gasteiger partial charge in [0.15, 0.2) is 5.78 Å². The van der Waals surface area contributed by atoms with Gasteiger partial charge in [0.05, 0.1) is 28.3 Å². The summed E-state index contributed by atoms with van der Waals surface area (Å²) < 4.78 is 5.95. The summed E-state index contributed by atoms with van der Waals surface area (Å²) in [6, 6.07) is 25.7. The Labute approximate surface area is 239 Å². The summed E-state index contributed by atoms with van der Waals surface area (Å²) in [4.78, 5) is 26.0. The minimum atomic E-state index is -0.484. The van der Waals surface area contributed by atoms with Crippen molar-refractivity contribution in [2.24, 2.45) is 0 Å². The van der Waals surface area contributed by atoms with Gasteiger partial charge in [-0.2, -0.15) is 5.26 Å². The van der Waals surface area contributed by atoms with Gasteiger partial charge in [-0.1, -0.05) is 66.4 Å². The lowest BCUT2D eigenvalue weighted by Gasteiger charge is -2.33. The number of carbonyl (C=O) groups is 2. The first-order valence-corrected chi connectivity index (χ1v) is 14.4. The van der Waals surface area contributed by atoms with Gasteiger partial charge in [0.25, 0.3) is 0 Å². The van der Waals surface area contributed by atoms with Crippen LogP contribution < -0.4 is 15.4 Å². The van der Waals surface area contributed by atoms with Crippen LogP contribution in [0.15, 0.2) is 94.7 Å². The molecule has 3 aromatic rings. The van der Waals surface area contributed by atoms with E-state index in [0.29, 0.717) is 35.0 Å². The smallest absolute Gasteiger partial charge is 0.234 e. The first kappa shape index (κ1) is 27.3. The second kappa shape index (κ2) is 12.3. The normalized spacial score (nSPS) is 16.6. The molecule has 0 unspecified atom stereocenters. The number of nitrogens with one attached hydrogen (secondary N) is 2. The molecule has 6 nitrogen and oxygen atoms in total. The van der Waals surface area contributed by atoms with Crippen molar-refractivity contribution in [3.8, 4) is 11.8 Å². The summed E-state index contributed by atoms with van der Waals surface area (Å²) in [5.74, 6) is 0.276. The Morgan fingerprint density at radius 1 is 1.05 bits per heavy atom. The topological polar surface area (TPSA) is 91.2 Å². The molecule has 0 radical (unpaired) electrons. The Bertz CT molecular complexity index is 1540. The molecule has 3 aromatic carbocycles. The fraction of sp³-hybridized carbons (Fsp3) is 0.242. The third-order valence-corrected chi connectivity index (χ3v) is 8.37. The summed E-state index contributed by atoms with van der Waals surface area (Å²) in [6.07, 6.45) is 1.96. The molecule has 1 amide bonds. The quantitative estimate of drug-likeness (QED) is 0.326. The number of rotatable bonds is 8. The molecular weight excluding hydrogens is 518 g/mol. The first-order chi connectivity index (χ1) is 19.4. The predicted octanol–water partition coefficient (Wildman–Crippen LogP) is 6.68. The van der Waals surface area contributed by atoms with E-state index in [1.807, 2.05) is 86.6 Å². The third kappa shape index (κ3) is 5.98. The van der Waals surface area contributed by atoms with Gasteiger partial charge in [0, 0.05) is 23.4 Å². The Morgan fingerprint density at radius 2 is 1.82 bits per heavy atom. The van der Waals surface area contributed by atoms with Crippen LogP contribution in [0.5, 0.6) is 5.75 Å². The van der Waals surface area contributed by atoms with E-state index in [0.717, 1.165) is 46.5 Å². The molecule has 5 rings (SSSR count). The van der Waals surface area contributed by atoms with Crippen molar-refractivity contribution in [3.05, 3.63) is 117 Å². The molecule has 1 aliphatic heterocycles. The molecule has 1 atom stereocenters. The number of Topliss-reactive ketones (excluding diaryl/α,β-unsaturated/α-hetero) is 1. The minimum Gasteiger partial charge on any atom is -0.489 e. The molecule has 2 N–H and O–H groups in total. The van der Waals surface area contributed by atoms with Gasteiger partial charge in [-0.05, 0) is 67.1 Å². The third-order valence-electron chi connectivity index (χ3n) is 7.35. The minimum absolute atomic E-state index is 0.0626. The average molecular weight is 550 g/mol. The van der Waals surface area contributed by atoms with Crippen LogP contribution in [0.3, 0.4) is 0 Å². The van der Waals surface area contributed by atoms with E-state index in [2.05, 4.69) is 16.7 Å². The number of aryl methyl sites for hydroxylation is 1. The van der Waals surface area contributed by atoms with Crippen molar-refractivity contribution < 1.29 is 14.3 Å². The van der Waals surface area contributed by atoms with E-state index < -0.39 is 5.92 Å². The highest BCUT2D eigenvalue weighted by atomic mass is 32.2. The molecule has 0 saturated carbocycles. The zero-order valence-corrected chi connectivity index (χ0v) is 23.4. The molecule has 0 bridgehead atoms. The maximum Gasteiger partial charge on any atom is 0.234 e. The molecular formula is C33H31N3O3S. The summed E-state index contributed by atoms with van der Waals surface area (Å²) >= 11 is 1.30. The lowest BCUT2D eigenvalue weighted by molar-refractivity contribution is -0.116. The number of nitrogens with zero attached hydrogens (tertiary/aromatic N) is 1. The largest absolute Gasteiger partial charge is 0.489 e. The molecule has 1 aliphatic carbocycles. The fourth-order valence-corrected chi connectivity index (χ4v) is 5.94. The number of amides is 1. The van der Waals surface area contributed by atoms with Crippen molar-refractivity contribution >= 4 is 29.1 Å². The molecule has 40 heavy (non-hydrogen) atoms. The zero-order valence-electron chi connectivity index (χ0n) is 22.6. The number of nitriles is 1. The predicted molar refractivity (Wildman–Crippen MR) is 159 cm³/mol. The van der Waals surface area contributed by atoms with Crippen LogP contribution in [-0.2, 0) is 16.2 Å². The number of carbonyl (C=O) groups excluding carboxylic acids is 2. The van der Waals surface area contributed by atoms with Gasteiger partial charge in [-0.3, -0.25) is 9.59 Å². The Morgan fingerprint density at radius 3 is 2.58 bits per heavy atom. The van der Waals surface area contributed by atoms with Gasteiger partial charge in [0.2, 0.25) is 5.91 Å². The van der Waals surface area contributed by atoms with Crippen molar-refractivity contribution in [1.29, 1.82) is 5.26 Å². The van der Waals surface area contributed by atoms with E-state index >= 15 is 0 Å². The van der Waals surface area contributed by atoms with Crippen LogP contribution in [0, 0.1) is 25.2 Å². The average Bonchev–Trinajstić information content (AvgIpc) is 2.97. The van der Waals surface area contributed by atoms with Gasteiger partial charge >= 0.3 is 0 Å². The lowest BCUT2D eigenvalue weighted by Crippen LogP contribution is -2.31. The highest BCUT2D eigenvalue weighted by Gasteiger charge is 2.37.